The van der Waals surface area contributed by atoms with E-state index in [9.17, 15) is 4.79 Å². The average molecular weight is 493 g/mol. The van der Waals surface area contributed by atoms with Crippen molar-refractivity contribution in [3.05, 3.63) is 161 Å². The summed E-state index contributed by atoms with van der Waals surface area (Å²) >= 11 is 0. The molecular weight excluding hydrogens is 464 g/mol. The standard InChI is InChI=1S/C35H28N2O/c1-25-20-27(18-19-28(25)23-38)32-22-34-33(21-26(32)2)36-24-37(34)35(29-12-6-3-7-13-29,30-14-8-4-9-15-30)31-16-10-5-11-17-31/h3-24H,1-2H3. The molecule has 0 fully saturated rings. The lowest BCUT2D eigenvalue weighted by Crippen LogP contribution is -2.37. The Balaban J connectivity index is 1.70. The van der Waals surface area contributed by atoms with Crippen LogP contribution in [0.1, 0.15) is 38.2 Å². The zero-order valence-corrected chi connectivity index (χ0v) is 21.5. The minimum Gasteiger partial charge on any atom is -0.312 e. The van der Waals surface area contributed by atoms with Crippen LogP contribution < -0.4 is 0 Å². The van der Waals surface area contributed by atoms with Gasteiger partial charge in [-0.2, -0.15) is 0 Å². The molecule has 0 saturated carbocycles. The lowest BCUT2D eigenvalue weighted by atomic mass is 9.76. The lowest BCUT2D eigenvalue weighted by Gasteiger charge is -2.38. The number of hydrogen-bond donors (Lipinski definition) is 0. The summed E-state index contributed by atoms with van der Waals surface area (Å²) in [7, 11) is 0. The maximum Gasteiger partial charge on any atom is 0.150 e. The third-order valence-corrected chi connectivity index (χ3v) is 7.54. The van der Waals surface area contributed by atoms with Crippen molar-refractivity contribution in [1.82, 2.24) is 9.55 Å². The van der Waals surface area contributed by atoms with E-state index in [1.165, 1.54) is 0 Å². The van der Waals surface area contributed by atoms with Crippen molar-refractivity contribution >= 4 is 17.3 Å². The van der Waals surface area contributed by atoms with Crippen LogP contribution in [0.25, 0.3) is 22.2 Å². The summed E-state index contributed by atoms with van der Waals surface area (Å²) in [6, 6.07) is 42.4. The van der Waals surface area contributed by atoms with Gasteiger partial charge in [0.1, 0.15) is 11.8 Å². The predicted molar refractivity (Wildman–Crippen MR) is 155 cm³/mol. The van der Waals surface area contributed by atoms with Crippen LogP contribution in [0.5, 0.6) is 0 Å². The van der Waals surface area contributed by atoms with Crippen LogP contribution >= 0.6 is 0 Å². The first-order valence-corrected chi connectivity index (χ1v) is 12.8. The maximum atomic E-state index is 11.4. The normalized spacial score (nSPS) is 11.5. The molecule has 0 atom stereocenters. The van der Waals surface area contributed by atoms with E-state index in [0.717, 1.165) is 56.3 Å². The molecule has 0 N–H and O–H groups in total. The smallest absolute Gasteiger partial charge is 0.150 e. The van der Waals surface area contributed by atoms with Crippen LogP contribution in [0, 0.1) is 13.8 Å². The van der Waals surface area contributed by atoms with Gasteiger partial charge in [-0.15, -0.1) is 0 Å². The van der Waals surface area contributed by atoms with Crippen molar-refractivity contribution in [2.45, 2.75) is 19.4 Å². The van der Waals surface area contributed by atoms with Gasteiger partial charge in [0.25, 0.3) is 0 Å². The minimum absolute atomic E-state index is 0.637. The van der Waals surface area contributed by atoms with E-state index in [-0.39, 0.29) is 0 Å². The molecule has 5 aromatic carbocycles. The largest absolute Gasteiger partial charge is 0.312 e. The summed E-state index contributed by atoms with van der Waals surface area (Å²) in [5.74, 6) is 0. The van der Waals surface area contributed by atoms with Crippen LogP contribution in [0.4, 0.5) is 0 Å². The molecule has 0 aliphatic heterocycles. The Labute approximate surface area is 223 Å². The number of nitrogens with zero attached hydrogens (tertiary/aromatic N) is 2. The van der Waals surface area contributed by atoms with E-state index < -0.39 is 5.54 Å². The van der Waals surface area contributed by atoms with Gasteiger partial charge in [0.05, 0.1) is 17.4 Å². The summed E-state index contributed by atoms with van der Waals surface area (Å²) in [4.78, 5) is 16.3. The van der Waals surface area contributed by atoms with Crippen LogP contribution in [0.2, 0.25) is 0 Å². The van der Waals surface area contributed by atoms with E-state index in [4.69, 9.17) is 4.98 Å². The molecule has 3 heteroatoms. The second-order valence-corrected chi connectivity index (χ2v) is 9.77. The molecule has 1 aromatic heterocycles. The van der Waals surface area contributed by atoms with Crippen molar-refractivity contribution in [2.75, 3.05) is 0 Å². The zero-order chi connectivity index (χ0) is 26.1. The zero-order valence-electron chi connectivity index (χ0n) is 21.5. The van der Waals surface area contributed by atoms with Gasteiger partial charge in [-0.05, 0) is 64.9 Å². The number of carbonyl (C=O) groups excluding carboxylic acids is 1. The van der Waals surface area contributed by atoms with E-state index in [1.807, 2.05) is 25.4 Å². The highest BCUT2D eigenvalue weighted by molar-refractivity contribution is 5.87. The molecule has 0 bridgehead atoms. The fraction of sp³-hybridized carbons (Fsp3) is 0.0857. The molecule has 1 heterocycles. The van der Waals surface area contributed by atoms with Gasteiger partial charge in [0, 0.05) is 5.56 Å². The van der Waals surface area contributed by atoms with Crippen LogP contribution in [0.15, 0.2) is 128 Å². The highest BCUT2D eigenvalue weighted by atomic mass is 16.1. The second-order valence-electron chi connectivity index (χ2n) is 9.77. The Morgan fingerprint density at radius 2 is 1.21 bits per heavy atom. The van der Waals surface area contributed by atoms with E-state index in [1.54, 1.807) is 0 Å². The van der Waals surface area contributed by atoms with Gasteiger partial charge in [-0.25, -0.2) is 4.98 Å². The Kier molecular flexibility index (Phi) is 5.97. The number of aldehydes is 1. The van der Waals surface area contributed by atoms with E-state index >= 15 is 0 Å². The van der Waals surface area contributed by atoms with Gasteiger partial charge in [-0.3, -0.25) is 4.79 Å². The number of rotatable bonds is 6. The molecule has 0 aliphatic carbocycles. The van der Waals surface area contributed by atoms with Crippen LogP contribution in [-0.4, -0.2) is 15.8 Å². The first-order chi connectivity index (χ1) is 18.6. The number of fused-ring (bicyclic) bond motifs is 1. The average Bonchev–Trinajstić information content (AvgIpc) is 3.37. The monoisotopic (exact) mass is 492 g/mol. The summed E-state index contributed by atoms with van der Waals surface area (Å²) in [6.07, 6.45) is 2.89. The molecule has 0 amide bonds. The van der Waals surface area contributed by atoms with Crippen molar-refractivity contribution < 1.29 is 4.79 Å². The molecule has 0 spiro atoms. The Hall–Kier alpha value is -4.76. The molecule has 0 aliphatic rings. The summed E-state index contributed by atoms with van der Waals surface area (Å²) in [5, 5.41) is 0. The van der Waals surface area contributed by atoms with Crippen molar-refractivity contribution in [1.29, 1.82) is 0 Å². The topological polar surface area (TPSA) is 34.9 Å². The van der Waals surface area contributed by atoms with Gasteiger partial charge in [0.2, 0.25) is 0 Å². The molecular formula is C35H28N2O. The molecule has 6 rings (SSSR count). The Bertz CT molecular complexity index is 1640. The highest BCUT2D eigenvalue weighted by Crippen LogP contribution is 2.43. The molecule has 0 unspecified atom stereocenters. The molecule has 0 saturated heterocycles. The predicted octanol–water partition coefficient (Wildman–Crippen LogP) is 7.97. The Morgan fingerprint density at radius 1 is 0.658 bits per heavy atom. The van der Waals surface area contributed by atoms with Crippen molar-refractivity contribution in [2.24, 2.45) is 0 Å². The van der Waals surface area contributed by atoms with Crippen molar-refractivity contribution in [3.8, 4) is 11.1 Å². The van der Waals surface area contributed by atoms with E-state index in [2.05, 4.69) is 121 Å². The molecule has 3 nitrogen and oxygen atoms in total. The number of aromatic nitrogens is 2. The highest BCUT2D eigenvalue weighted by Gasteiger charge is 2.39. The maximum absolute atomic E-state index is 11.4. The number of hydrogen-bond acceptors (Lipinski definition) is 2. The summed E-state index contributed by atoms with van der Waals surface area (Å²) in [6.45, 7) is 4.10. The first-order valence-electron chi connectivity index (χ1n) is 12.8. The van der Waals surface area contributed by atoms with Crippen molar-refractivity contribution in [3.63, 3.8) is 0 Å². The molecule has 38 heavy (non-hydrogen) atoms. The molecule has 6 aromatic rings. The third-order valence-electron chi connectivity index (χ3n) is 7.54. The lowest BCUT2D eigenvalue weighted by molar-refractivity contribution is 0.112. The summed E-state index contributed by atoms with van der Waals surface area (Å²) in [5.41, 5.74) is 9.87. The van der Waals surface area contributed by atoms with Crippen LogP contribution in [0.3, 0.4) is 0 Å². The fourth-order valence-electron chi connectivity index (χ4n) is 5.67. The minimum atomic E-state index is -0.637. The fourth-order valence-corrected chi connectivity index (χ4v) is 5.67. The number of carbonyl (C=O) groups is 1. The first kappa shape index (κ1) is 23.6. The SMILES string of the molecule is Cc1cc(-c2cc3c(cc2C)ncn3C(c2ccccc2)(c2ccccc2)c2ccccc2)ccc1C=O. The van der Waals surface area contributed by atoms with Crippen LogP contribution in [-0.2, 0) is 5.54 Å². The molecule has 0 radical (unpaired) electrons. The molecule has 184 valence electrons. The van der Waals surface area contributed by atoms with Gasteiger partial charge in [0.15, 0.2) is 0 Å². The van der Waals surface area contributed by atoms with Gasteiger partial charge < -0.3 is 4.57 Å². The second kappa shape index (κ2) is 9.60. The van der Waals surface area contributed by atoms with E-state index in [0.29, 0.717) is 5.56 Å². The number of benzene rings is 5. The number of aryl methyl sites for hydroxylation is 2. The van der Waals surface area contributed by atoms with Gasteiger partial charge in [-0.1, -0.05) is 109 Å². The number of imidazole rings is 1. The van der Waals surface area contributed by atoms with Gasteiger partial charge >= 0.3 is 0 Å². The third kappa shape index (κ3) is 3.75. The summed E-state index contributed by atoms with van der Waals surface area (Å²) < 4.78 is 2.32. The Morgan fingerprint density at radius 3 is 1.71 bits per heavy atom. The quantitative estimate of drug-likeness (QED) is 0.175.